The van der Waals surface area contributed by atoms with Gasteiger partial charge in [-0.15, -0.1) is 0 Å². The second-order valence-corrected chi connectivity index (χ2v) is 9.95. The summed E-state index contributed by atoms with van der Waals surface area (Å²) in [5, 5.41) is 12.1. The van der Waals surface area contributed by atoms with Crippen molar-refractivity contribution in [3.05, 3.63) is 59.7 Å². The Bertz CT molecular complexity index is 1070. The molecule has 7 heteroatoms. The summed E-state index contributed by atoms with van der Waals surface area (Å²) in [6.45, 7) is 0.367. The van der Waals surface area contributed by atoms with E-state index in [0.717, 1.165) is 49.7 Å². The molecule has 2 aromatic carbocycles. The molecule has 2 saturated carbocycles. The monoisotopic (exact) mass is 476 g/mol. The maximum Gasteiger partial charge on any atom is 0.407 e. The number of carbonyl (C=O) groups excluding carboxylic acids is 2. The number of amides is 2. The van der Waals surface area contributed by atoms with Crippen LogP contribution < -0.4 is 5.32 Å². The molecule has 0 aliphatic heterocycles. The number of carboxylic acids is 1. The fourth-order valence-electron chi connectivity index (χ4n) is 5.77. The number of rotatable bonds is 8. The number of hydrogen-bond donors (Lipinski definition) is 2. The highest BCUT2D eigenvalue weighted by atomic mass is 16.5. The van der Waals surface area contributed by atoms with Gasteiger partial charge in [0.25, 0.3) is 0 Å². The molecule has 0 heterocycles. The van der Waals surface area contributed by atoms with Crippen LogP contribution in [0.2, 0.25) is 0 Å². The van der Waals surface area contributed by atoms with Crippen LogP contribution in [-0.4, -0.2) is 53.7 Å². The first-order valence-corrected chi connectivity index (χ1v) is 12.6. The number of aliphatic carboxylic acids is 1. The van der Waals surface area contributed by atoms with Crippen LogP contribution in [0.4, 0.5) is 4.79 Å². The van der Waals surface area contributed by atoms with E-state index in [0.29, 0.717) is 6.54 Å². The molecule has 184 valence electrons. The van der Waals surface area contributed by atoms with Crippen LogP contribution in [0.1, 0.15) is 55.6 Å². The van der Waals surface area contributed by atoms with E-state index in [1.807, 2.05) is 24.3 Å². The average Bonchev–Trinajstić information content (AvgIpc) is 3.67. The van der Waals surface area contributed by atoms with Crippen LogP contribution in [0.3, 0.4) is 0 Å². The molecule has 3 aliphatic carbocycles. The fourth-order valence-corrected chi connectivity index (χ4v) is 5.77. The van der Waals surface area contributed by atoms with Crippen molar-refractivity contribution in [1.29, 1.82) is 0 Å². The molecule has 7 nitrogen and oxygen atoms in total. The molecule has 0 radical (unpaired) electrons. The van der Waals surface area contributed by atoms with Gasteiger partial charge in [0.2, 0.25) is 5.91 Å². The number of benzene rings is 2. The molecule has 2 atom stereocenters. The number of carboxylic acid groups (broad SMARTS) is 1. The molecule has 5 rings (SSSR count). The quantitative estimate of drug-likeness (QED) is 0.589. The van der Waals surface area contributed by atoms with Crippen molar-refractivity contribution in [2.45, 2.75) is 50.5 Å². The van der Waals surface area contributed by atoms with Crippen LogP contribution >= 0.6 is 0 Å². The van der Waals surface area contributed by atoms with Gasteiger partial charge in [0.1, 0.15) is 13.2 Å². The number of hydrogen-bond acceptors (Lipinski definition) is 4. The van der Waals surface area contributed by atoms with Crippen LogP contribution in [0.15, 0.2) is 48.5 Å². The van der Waals surface area contributed by atoms with Gasteiger partial charge in [-0.2, -0.15) is 0 Å². The summed E-state index contributed by atoms with van der Waals surface area (Å²) in [4.78, 5) is 38.7. The Morgan fingerprint density at radius 3 is 2.17 bits per heavy atom. The molecule has 2 N–H and O–H groups in total. The second kappa shape index (κ2) is 10.1. The Labute approximate surface area is 205 Å². The predicted molar refractivity (Wildman–Crippen MR) is 131 cm³/mol. The van der Waals surface area contributed by atoms with Gasteiger partial charge in [-0.25, -0.2) is 4.79 Å². The normalized spacial score (nSPS) is 21.0. The summed E-state index contributed by atoms with van der Waals surface area (Å²) in [6.07, 6.45) is 4.79. The lowest BCUT2D eigenvalue weighted by Crippen LogP contribution is -2.46. The maximum atomic E-state index is 13.2. The number of carbonyl (C=O) groups is 3. The maximum absolute atomic E-state index is 13.2. The minimum Gasteiger partial charge on any atom is -0.480 e. The Balaban J connectivity index is 1.18. The third kappa shape index (κ3) is 5.04. The molecule has 2 amide bonds. The van der Waals surface area contributed by atoms with Crippen molar-refractivity contribution in [2.24, 2.45) is 11.8 Å². The van der Waals surface area contributed by atoms with E-state index in [-0.39, 0.29) is 42.9 Å². The first kappa shape index (κ1) is 23.4. The Kier molecular flexibility index (Phi) is 6.75. The molecule has 35 heavy (non-hydrogen) atoms. The molecular formula is C28H32N2O5. The van der Waals surface area contributed by atoms with E-state index in [4.69, 9.17) is 4.74 Å². The zero-order valence-electron chi connectivity index (χ0n) is 19.8. The molecule has 0 aromatic heterocycles. The van der Waals surface area contributed by atoms with E-state index in [1.54, 1.807) is 4.90 Å². The number of ether oxygens (including phenoxy) is 1. The third-order valence-electron chi connectivity index (χ3n) is 7.65. The van der Waals surface area contributed by atoms with Crippen molar-refractivity contribution >= 4 is 18.0 Å². The number of nitrogens with zero attached hydrogens (tertiary/aromatic N) is 1. The minimum absolute atomic E-state index is 0.000255. The smallest absolute Gasteiger partial charge is 0.407 e. The van der Waals surface area contributed by atoms with E-state index >= 15 is 0 Å². The Morgan fingerprint density at radius 2 is 1.54 bits per heavy atom. The lowest BCUT2D eigenvalue weighted by Gasteiger charge is -2.34. The van der Waals surface area contributed by atoms with E-state index in [9.17, 15) is 19.5 Å². The minimum atomic E-state index is -0.977. The fraction of sp³-hybridized carbons (Fsp3) is 0.464. The Hall–Kier alpha value is -3.35. The van der Waals surface area contributed by atoms with Gasteiger partial charge < -0.3 is 20.1 Å². The topological polar surface area (TPSA) is 95.9 Å². The van der Waals surface area contributed by atoms with E-state index in [1.165, 1.54) is 11.1 Å². The highest BCUT2D eigenvalue weighted by Gasteiger charge is 2.40. The van der Waals surface area contributed by atoms with Crippen LogP contribution in [0.5, 0.6) is 0 Å². The van der Waals surface area contributed by atoms with Crippen LogP contribution in [0, 0.1) is 11.8 Å². The molecule has 0 spiro atoms. The molecule has 3 aliphatic rings. The standard InChI is InChI=1S/C28H32N2O5/c31-26(32)16-30(19-13-14-19)27(33)20-8-2-1-7-18(20)15-29-28(34)35-17-25-23-11-5-3-9-21(23)22-10-4-6-12-24(22)25/h3-6,9-12,18-20,25H,1-2,7-8,13-17H2,(H,29,34)(H,31,32). The highest BCUT2D eigenvalue weighted by Crippen LogP contribution is 2.44. The zero-order chi connectivity index (χ0) is 24.4. The molecular weight excluding hydrogens is 444 g/mol. The summed E-state index contributed by atoms with van der Waals surface area (Å²) < 4.78 is 5.65. The third-order valence-corrected chi connectivity index (χ3v) is 7.65. The van der Waals surface area contributed by atoms with Crippen molar-refractivity contribution in [2.75, 3.05) is 19.7 Å². The first-order valence-electron chi connectivity index (χ1n) is 12.6. The first-order chi connectivity index (χ1) is 17.0. The van der Waals surface area contributed by atoms with Gasteiger partial charge in [0.05, 0.1) is 0 Å². The van der Waals surface area contributed by atoms with Gasteiger partial charge in [-0.05, 0) is 53.9 Å². The summed E-state index contributed by atoms with van der Waals surface area (Å²) in [6, 6.07) is 16.5. The highest BCUT2D eigenvalue weighted by molar-refractivity contribution is 5.84. The number of alkyl carbamates (subject to hydrolysis) is 1. The molecule has 0 saturated heterocycles. The van der Waals surface area contributed by atoms with Crippen molar-refractivity contribution in [1.82, 2.24) is 10.2 Å². The van der Waals surface area contributed by atoms with Crippen LogP contribution in [-0.2, 0) is 14.3 Å². The largest absolute Gasteiger partial charge is 0.480 e. The summed E-state index contributed by atoms with van der Waals surface area (Å²) in [5.41, 5.74) is 4.69. The van der Waals surface area contributed by atoms with Gasteiger partial charge in [0.15, 0.2) is 0 Å². The van der Waals surface area contributed by atoms with Gasteiger partial charge in [-0.3, -0.25) is 9.59 Å². The number of fused-ring (bicyclic) bond motifs is 3. The lowest BCUT2D eigenvalue weighted by atomic mass is 9.78. The van der Waals surface area contributed by atoms with Crippen molar-refractivity contribution in [3.8, 4) is 11.1 Å². The molecule has 2 aromatic rings. The number of nitrogens with one attached hydrogen (secondary N) is 1. The zero-order valence-corrected chi connectivity index (χ0v) is 19.8. The summed E-state index contributed by atoms with van der Waals surface area (Å²) in [7, 11) is 0. The molecule has 0 bridgehead atoms. The second-order valence-electron chi connectivity index (χ2n) is 9.95. The van der Waals surface area contributed by atoms with Gasteiger partial charge in [-0.1, -0.05) is 61.4 Å². The van der Waals surface area contributed by atoms with Crippen molar-refractivity contribution < 1.29 is 24.2 Å². The lowest BCUT2D eigenvalue weighted by molar-refractivity contribution is -0.148. The van der Waals surface area contributed by atoms with Crippen LogP contribution in [0.25, 0.3) is 11.1 Å². The van der Waals surface area contributed by atoms with E-state index < -0.39 is 12.1 Å². The average molecular weight is 477 g/mol. The molecule has 2 unspecified atom stereocenters. The van der Waals surface area contributed by atoms with Gasteiger partial charge in [0, 0.05) is 24.4 Å². The molecule has 2 fully saturated rings. The van der Waals surface area contributed by atoms with Crippen molar-refractivity contribution in [3.63, 3.8) is 0 Å². The summed E-state index contributed by atoms with van der Waals surface area (Å²) >= 11 is 0. The SMILES string of the molecule is O=C(O)CN(C(=O)C1CCCCC1CNC(=O)OCC1c2ccccc2-c2ccccc21)C1CC1. The Morgan fingerprint density at radius 1 is 0.914 bits per heavy atom. The predicted octanol–water partition coefficient (Wildman–Crippen LogP) is 4.41. The van der Waals surface area contributed by atoms with Gasteiger partial charge >= 0.3 is 12.1 Å². The summed E-state index contributed by atoms with van der Waals surface area (Å²) in [5.74, 6) is -1.31. The van der Waals surface area contributed by atoms with E-state index in [2.05, 4.69) is 29.6 Å².